The van der Waals surface area contributed by atoms with Gasteiger partial charge in [0.1, 0.15) is 18.0 Å². The third-order valence-electron chi connectivity index (χ3n) is 6.28. The van der Waals surface area contributed by atoms with Crippen LogP contribution in [0.5, 0.6) is 5.75 Å². The lowest BCUT2D eigenvalue weighted by Gasteiger charge is -2.24. The van der Waals surface area contributed by atoms with Gasteiger partial charge >= 0.3 is 0 Å². The number of aromatic nitrogens is 2. The summed E-state index contributed by atoms with van der Waals surface area (Å²) < 4.78 is 7.90. The van der Waals surface area contributed by atoms with Crippen molar-refractivity contribution in [3.63, 3.8) is 0 Å². The van der Waals surface area contributed by atoms with Crippen LogP contribution < -0.4 is 9.64 Å². The monoisotopic (exact) mass is 465 g/mol. The highest BCUT2D eigenvalue weighted by molar-refractivity contribution is 5.94. The molecule has 0 N–H and O–H groups in total. The van der Waals surface area contributed by atoms with Crippen LogP contribution >= 0.6 is 0 Å². The van der Waals surface area contributed by atoms with Gasteiger partial charge in [0.2, 0.25) is 0 Å². The lowest BCUT2D eigenvalue weighted by Crippen LogP contribution is -2.35. The highest BCUT2D eigenvalue weighted by Crippen LogP contribution is 2.20. The molecule has 5 rings (SSSR count). The number of ether oxygens (including phenoxy) is 1. The van der Waals surface area contributed by atoms with E-state index in [0.717, 1.165) is 43.1 Å². The molecule has 2 aromatic carbocycles. The number of fused-ring (bicyclic) bond motifs is 1. The number of hydrogen-bond acceptors (Lipinski definition) is 5. The van der Waals surface area contributed by atoms with Crippen molar-refractivity contribution in [3.05, 3.63) is 95.4 Å². The summed E-state index contributed by atoms with van der Waals surface area (Å²) in [5.74, 6) is 0.742. The van der Waals surface area contributed by atoms with E-state index in [4.69, 9.17) is 10.00 Å². The molecule has 0 saturated carbocycles. The molecule has 0 unspecified atom stereocenters. The molecule has 35 heavy (non-hydrogen) atoms. The Hall–Kier alpha value is -4.31. The third-order valence-corrected chi connectivity index (χ3v) is 6.28. The molecule has 176 valence electrons. The maximum absolute atomic E-state index is 13.1. The summed E-state index contributed by atoms with van der Waals surface area (Å²) in [5.41, 5.74) is 5.32. The number of imidazole rings is 1. The van der Waals surface area contributed by atoms with E-state index in [9.17, 15) is 4.79 Å². The Bertz CT molecular complexity index is 1370. The van der Waals surface area contributed by atoms with Crippen molar-refractivity contribution in [3.8, 4) is 11.8 Å². The molecule has 0 atom stereocenters. The van der Waals surface area contributed by atoms with E-state index in [0.29, 0.717) is 30.0 Å². The van der Waals surface area contributed by atoms with Crippen molar-refractivity contribution in [2.75, 3.05) is 31.1 Å². The molecule has 0 radical (unpaired) electrons. The van der Waals surface area contributed by atoms with Gasteiger partial charge in [0.05, 0.1) is 17.3 Å². The van der Waals surface area contributed by atoms with Gasteiger partial charge in [-0.05, 0) is 73.5 Å². The zero-order chi connectivity index (χ0) is 24.2. The van der Waals surface area contributed by atoms with Gasteiger partial charge in [0.25, 0.3) is 5.91 Å². The molecule has 1 saturated heterocycles. The summed E-state index contributed by atoms with van der Waals surface area (Å²) in [6, 6.07) is 21.1. The quantitative estimate of drug-likeness (QED) is 0.436. The molecule has 0 bridgehead atoms. The molecule has 4 aromatic rings. The van der Waals surface area contributed by atoms with Crippen molar-refractivity contribution in [1.29, 1.82) is 5.26 Å². The minimum atomic E-state index is 0.0361. The maximum Gasteiger partial charge on any atom is 0.253 e. The number of aryl methyl sites for hydroxylation is 1. The number of carbonyl (C=O) groups excluding carboxylic acids is 1. The Balaban J connectivity index is 1.17. The fourth-order valence-corrected chi connectivity index (χ4v) is 4.38. The molecule has 7 heteroatoms. The molecule has 0 spiro atoms. The molecule has 7 nitrogen and oxygen atoms in total. The first-order valence-electron chi connectivity index (χ1n) is 11.8. The van der Waals surface area contributed by atoms with Gasteiger partial charge in [-0.2, -0.15) is 5.26 Å². The van der Waals surface area contributed by atoms with E-state index in [1.165, 1.54) is 5.56 Å². The first kappa shape index (κ1) is 22.5. The number of rotatable bonds is 5. The maximum atomic E-state index is 13.1. The second kappa shape index (κ2) is 9.90. The van der Waals surface area contributed by atoms with Crippen LogP contribution in [0.4, 0.5) is 5.69 Å². The number of benzene rings is 2. The molecule has 1 aliphatic heterocycles. The van der Waals surface area contributed by atoms with Crippen LogP contribution in [0, 0.1) is 18.3 Å². The minimum absolute atomic E-state index is 0.0361. The Morgan fingerprint density at radius 1 is 0.971 bits per heavy atom. The topological polar surface area (TPSA) is 73.9 Å². The molecular formula is C28H27N5O2. The average molecular weight is 466 g/mol. The number of hydrogen-bond donors (Lipinski definition) is 0. The van der Waals surface area contributed by atoms with Gasteiger partial charge in [-0.15, -0.1) is 0 Å². The predicted octanol–water partition coefficient (Wildman–Crippen LogP) is 4.45. The van der Waals surface area contributed by atoms with Gasteiger partial charge in [-0.1, -0.05) is 6.07 Å². The molecular weight excluding hydrogens is 438 g/mol. The summed E-state index contributed by atoms with van der Waals surface area (Å²) in [4.78, 5) is 21.9. The number of amides is 1. The van der Waals surface area contributed by atoms with Crippen LogP contribution in [-0.2, 0) is 6.61 Å². The Morgan fingerprint density at radius 2 is 1.77 bits per heavy atom. The normalized spacial score (nSPS) is 13.9. The smallest absolute Gasteiger partial charge is 0.253 e. The zero-order valence-corrected chi connectivity index (χ0v) is 19.7. The Morgan fingerprint density at radius 3 is 2.54 bits per heavy atom. The Kier molecular flexibility index (Phi) is 6.36. The van der Waals surface area contributed by atoms with Crippen LogP contribution in [-0.4, -0.2) is 46.4 Å². The standard InChI is InChI=1S/C28H27N5O2/c1-21-3-12-27-30-24(19-33(27)18-21)20-35-26-10-6-23(7-11-26)28(34)32-14-2-13-31(15-16-32)25-8-4-22(17-29)5-9-25/h3-12,18-19H,2,13-16,20H2,1H3. The number of carbonyl (C=O) groups is 1. The summed E-state index contributed by atoms with van der Waals surface area (Å²) in [6.45, 7) is 5.44. The van der Waals surface area contributed by atoms with Crippen molar-refractivity contribution in [2.24, 2.45) is 0 Å². The molecule has 1 aliphatic rings. The van der Waals surface area contributed by atoms with Crippen LogP contribution in [0.1, 0.15) is 33.6 Å². The second-order valence-electron chi connectivity index (χ2n) is 8.81. The van der Waals surface area contributed by atoms with Gasteiger partial charge in [0.15, 0.2) is 0 Å². The lowest BCUT2D eigenvalue weighted by atomic mass is 10.2. The van der Waals surface area contributed by atoms with E-state index < -0.39 is 0 Å². The Labute approximate surface area is 204 Å². The van der Waals surface area contributed by atoms with Crippen LogP contribution in [0.15, 0.2) is 73.1 Å². The van der Waals surface area contributed by atoms with Crippen molar-refractivity contribution in [1.82, 2.24) is 14.3 Å². The first-order chi connectivity index (χ1) is 17.1. The SMILES string of the molecule is Cc1ccc2nc(COc3ccc(C(=O)N4CCCN(c5ccc(C#N)cc5)CC4)cc3)cn2c1. The highest BCUT2D eigenvalue weighted by Gasteiger charge is 2.20. The van der Waals surface area contributed by atoms with Crippen molar-refractivity contribution in [2.45, 2.75) is 20.0 Å². The lowest BCUT2D eigenvalue weighted by molar-refractivity contribution is 0.0767. The van der Waals surface area contributed by atoms with Crippen LogP contribution in [0.3, 0.4) is 0 Å². The van der Waals surface area contributed by atoms with Gasteiger partial charge < -0.3 is 18.9 Å². The second-order valence-corrected chi connectivity index (χ2v) is 8.81. The fraction of sp³-hybridized carbons (Fsp3) is 0.250. The van der Waals surface area contributed by atoms with E-state index >= 15 is 0 Å². The number of anilines is 1. The van der Waals surface area contributed by atoms with E-state index in [1.807, 2.05) is 82.4 Å². The predicted molar refractivity (Wildman–Crippen MR) is 135 cm³/mol. The van der Waals surface area contributed by atoms with Crippen LogP contribution in [0.2, 0.25) is 0 Å². The highest BCUT2D eigenvalue weighted by atomic mass is 16.5. The van der Waals surface area contributed by atoms with Crippen molar-refractivity contribution >= 4 is 17.2 Å². The number of nitrogens with zero attached hydrogens (tertiary/aromatic N) is 5. The van der Waals surface area contributed by atoms with Gasteiger partial charge in [0, 0.05) is 49.8 Å². The number of nitriles is 1. The summed E-state index contributed by atoms with van der Waals surface area (Å²) in [7, 11) is 0. The van der Waals surface area contributed by atoms with Gasteiger partial charge in [-0.25, -0.2) is 4.98 Å². The minimum Gasteiger partial charge on any atom is -0.487 e. The van der Waals surface area contributed by atoms with Crippen molar-refractivity contribution < 1.29 is 9.53 Å². The zero-order valence-electron chi connectivity index (χ0n) is 19.7. The summed E-state index contributed by atoms with van der Waals surface area (Å²) >= 11 is 0. The number of pyridine rings is 1. The molecule has 3 heterocycles. The average Bonchev–Trinajstić information content (AvgIpc) is 3.13. The van der Waals surface area contributed by atoms with Gasteiger partial charge in [-0.3, -0.25) is 4.79 Å². The fourth-order valence-electron chi connectivity index (χ4n) is 4.38. The van der Waals surface area contributed by atoms with Crippen LogP contribution in [0.25, 0.3) is 5.65 Å². The third kappa shape index (κ3) is 5.12. The summed E-state index contributed by atoms with van der Waals surface area (Å²) in [5, 5.41) is 9.00. The van der Waals surface area contributed by atoms with E-state index in [1.54, 1.807) is 0 Å². The molecule has 2 aromatic heterocycles. The molecule has 1 fully saturated rings. The molecule has 1 amide bonds. The summed E-state index contributed by atoms with van der Waals surface area (Å²) in [6.07, 6.45) is 4.91. The molecule has 0 aliphatic carbocycles. The van der Waals surface area contributed by atoms with E-state index in [2.05, 4.69) is 22.9 Å². The largest absolute Gasteiger partial charge is 0.487 e. The first-order valence-corrected chi connectivity index (χ1v) is 11.8. The van der Waals surface area contributed by atoms with E-state index in [-0.39, 0.29) is 5.91 Å².